The molecular weight excluding hydrogens is 180 g/mol. The average molecular weight is 200 g/mol. The van der Waals surface area contributed by atoms with Crippen molar-refractivity contribution in [1.82, 2.24) is 0 Å². The normalized spacial score (nSPS) is 13.3. The van der Waals surface area contributed by atoms with E-state index in [0.717, 1.165) is 19.3 Å². The summed E-state index contributed by atoms with van der Waals surface area (Å²) in [4.78, 5) is 0. The smallest absolute Gasteiger partial charge is 0.100 e. The van der Waals surface area contributed by atoms with Gasteiger partial charge in [-0.1, -0.05) is 18.2 Å². The van der Waals surface area contributed by atoms with Gasteiger partial charge in [0.15, 0.2) is 0 Å². The first kappa shape index (κ1) is 13.4. The van der Waals surface area contributed by atoms with Gasteiger partial charge in [-0.2, -0.15) is 0 Å². The quantitative estimate of drug-likeness (QED) is 0.435. The summed E-state index contributed by atoms with van der Waals surface area (Å²) >= 11 is 0. The highest BCUT2D eigenvalue weighted by molar-refractivity contribution is 4.82. The zero-order valence-electron chi connectivity index (χ0n) is 8.56. The Balaban J connectivity index is 3.14. The Labute approximate surface area is 85.7 Å². The maximum Gasteiger partial charge on any atom is 0.100 e. The molecule has 0 aliphatic heterocycles. The van der Waals surface area contributed by atoms with Crippen molar-refractivity contribution in [3.8, 4) is 0 Å². The Bertz CT molecular complexity index is 155. The lowest BCUT2D eigenvalue weighted by atomic mass is 10.2. The number of hydrogen-bond donors (Lipinski definition) is 2. The summed E-state index contributed by atoms with van der Waals surface area (Å²) in [5.74, 6) is 0. The van der Waals surface area contributed by atoms with Crippen molar-refractivity contribution in [2.24, 2.45) is 0 Å². The molecule has 0 fully saturated rings. The lowest BCUT2D eigenvalue weighted by molar-refractivity contribution is 0.0149. The molecule has 14 heavy (non-hydrogen) atoms. The topological polar surface area (TPSA) is 49.7 Å². The second kappa shape index (κ2) is 10.4. The maximum absolute atomic E-state index is 8.92. The van der Waals surface area contributed by atoms with Crippen molar-refractivity contribution in [3.05, 3.63) is 24.8 Å². The molecule has 0 heterocycles. The van der Waals surface area contributed by atoms with E-state index in [1.54, 1.807) is 0 Å². The molecule has 1 unspecified atom stereocenters. The first-order valence-electron chi connectivity index (χ1n) is 4.93. The fraction of sp³-hybridized carbons (Fsp3) is 0.636. The molecule has 0 saturated carbocycles. The lowest BCUT2D eigenvalue weighted by Gasteiger charge is -2.05. The van der Waals surface area contributed by atoms with Crippen molar-refractivity contribution >= 4 is 0 Å². The van der Waals surface area contributed by atoms with E-state index in [0.29, 0.717) is 6.61 Å². The van der Waals surface area contributed by atoms with Crippen LogP contribution in [0.3, 0.4) is 0 Å². The molecule has 0 saturated heterocycles. The fourth-order valence-corrected chi connectivity index (χ4v) is 0.891. The van der Waals surface area contributed by atoms with Gasteiger partial charge in [0, 0.05) is 0 Å². The van der Waals surface area contributed by atoms with E-state index in [4.69, 9.17) is 14.9 Å². The van der Waals surface area contributed by atoms with Gasteiger partial charge in [0.05, 0.1) is 19.8 Å². The van der Waals surface area contributed by atoms with Gasteiger partial charge >= 0.3 is 0 Å². The van der Waals surface area contributed by atoms with E-state index in [1.165, 1.54) is 0 Å². The molecule has 0 aromatic rings. The summed E-state index contributed by atoms with van der Waals surface area (Å²) in [7, 11) is 0. The van der Waals surface area contributed by atoms with Gasteiger partial charge < -0.3 is 14.9 Å². The fourth-order valence-electron chi connectivity index (χ4n) is 0.891. The van der Waals surface area contributed by atoms with Gasteiger partial charge in [-0.25, -0.2) is 0 Å². The van der Waals surface area contributed by atoms with Crippen LogP contribution in [0.2, 0.25) is 0 Å². The van der Waals surface area contributed by atoms with Gasteiger partial charge in [0.2, 0.25) is 0 Å². The summed E-state index contributed by atoms with van der Waals surface area (Å²) in [5.41, 5.74) is 0. The van der Waals surface area contributed by atoms with Gasteiger partial charge in [-0.3, -0.25) is 0 Å². The van der Waals surface area contributed by atoms with E-state index < -0.39 is 6.10 Å². The predicted octanol–water partition coefficient (Wildman–Crippen LogP) is 1.27. The maximum atomic E-state index is 8.92. The summed E-state index contributed by atoms with van der Waals surface area (Å²) in [6.45, 7) is 4.07. The Morgan fingerprint density at radius 3 is 2.71 bits per heavy atom. The number of ether oxygens (including phenoxy) is 1. The third-order valence-corrected chi connectivity index (χ3v) is 1.68. The van der Waals surface area contributed by atoms with Crippen LogP contribution < -0.4 is 0 Å². The summed E-state index contributed by atoms with van der Waals surface area (Å²) in [6.07, 6.45) is 8.29. The molecule has 82 valence electrons. The second-order valence-electron chi connectivity index (χ2n) is 3.06. The van der Waals surface area contributed by atoms with Crippen LogP contribution in [0.15, 0.2) is 24.8 Å². The number of unbranched alkanes of at least 4 members (excludes halogenated alkanes) is 2. The average Bonchev–Trinajstić information content (AvgIpc) is 2.21. The molecule has 1 atom stereocenters. The summed E-state index contributed by atoms with van der Waals surface area (Å²) in [5, 5.41) is 17.4. The van der Waals surface area contributed by atoms with Crippen LogP contribution in [-0.2, 0) is 4.74 Å². The molecule has 0 aromatic carbocycles. The minimum atomic E-state index is -0.760. The van der Waals surface area contributed by atoms with Gasteiger partial charge in [-0.15, -0.1) is 6.58 Å². The molecule has 0 amide bonds. The van der Waals surface area contributed by atoms with Crippen molar-refractivity contribution in [1.29, 1.82) is 0 Å². The van der Waals surface area contributed by atoms with Gasteiger partial charge in [0.25, 0.3) is 0 Å². The van der Waals surface area contributed by atoms with E-state index in [1.807, 2.05) is 12.2 Å². The predicted molar refractivity (Wildman–Crippen MR) is 57.1 cm³/mol. The van der Waals surface area contributed by atoms with E-state index in [-0.39, 0.29) is 13.2 Å². The van der Waals surface area contributed by atoms with Crippen LogP contribution >= 0.6 is 0 Å². The molecule has 0 aromatic heterocycles. The van der Waals surface area contributed by atoms with E-state index in [9.17, 15) is 0 Å². The van der Waals surface area contributed by atoms with Crippen molar-refractivity contribution in [2.45, 2.75) is 25.4 Å². The molecule has 0 radical (unpaired) electrons. The minimum Gasteiger partial charge on any atom is -0.394 e. The number of hydrogen-bond acceptors (Lipinski definition) is 3. The van der Waals surface area contributed by atoms with Gasteiger partial charge in [0.1, 0.15) is 6.10 Å². The summed E-state index contributed by atoms with van der Waals surface area (Å²) < 4.78 is 5.08. The molecule has 3 nitrogen and oxygen atoms in total. The van der Waals surface area contributed by atoms with Crippen LogP contribution in [0.4, 0.5) is 0 Å². The molecule has 0 aliphatic carbocycles. The summed E-state index contributed by atoms with van der Waals surface area (Å²) in [6, 6.07) is 0. The zero-order chi connectivity index (χ0) is 10.6. The monoisotopic (exact) mass is 200 g/mol. The number of rotatable bonds is 9. The van der Waals surface area contributed by atoms with Crippen LogP contribution in [0.25, 0.3) is 0 Å². The largest absolute Gasteiger partial charge is 0.394 e. The van der Waals surface area contributed by atoms with E-state index in [2.05, 4.69) is 12.7 Å². The molecule has 2 N–H and O–H groups in total. The first-order valence-corrected chi connectivity index (χ1v) is 4.93. The van der Waals surface area contributed by atoms with Crippen molar-refractivity contribution < 1.29 is 14.9 Å². The standard InChI is InChI=1S/C11H20O3/c1-2-3-4-5-6-7-8-14-10-11(13)9-12/h2,6-7,11-13H,1,3-5,8-10H2. The molecule has 0 bridgehead atoms. The van der Waals surface area contributed by atoms with Gasteiger partial charge in [-0.05, 0) is 19.3 Å². The first-order chi connectivity index (χ1) is 6.81. The molecule has 0 spiro atoms. The highest BCUT2D eigenvalue weighted by atomic mass is 16.5. The third-order valence-electron chi connectivity index (χ3n) is 1.68. The highest BCUT2D eigenvalue weighted by Gasteiger charge is 1.98. The Hall–Kier alpha value is -0.640. The van der Waals surface area contributed by atoms with E-state index >= 15 is 0 Å². The molecule has 0 aliphatic rings. The van der Waals surface area contributed by atoms with Crippen LogP contribution in [-0.4, -0.2) is 36.1 Å². The second-order valence-corrected chi connectivity index (χ2v) is 3.06. The van der Waals surface area contributed by atoms with Crippen molar-refractivity contribution in [2.75, 3.05) is 19.8 Å². The lowest BCUT2D eigenvalue weighted by Crippen LogP contribution is -2.19. The zero-order valence-corrected chi connectivity index (χ0v) is 8.56. The third kappa shape index (κ3) is 9.45. The Morgan fingerprint density at radius 2 is 2.07 bits per heavy atom. The Kier molecular flexibility index (Phi) is 9.96. The van der Waals surface area contributed by atoms with Crippen molar-refractivity contribution in [3.63, 3.8) is 0 Å². The van der Waals surface area contributed by atoms with Crippen LogP contribution in [0.1, 0.15) is 19.3 Å². The van der Waals surface area contributed by atoms with Crippen LogP contribution in [0, 0.1) is 0 Å². The number of aliphatic hydroxyl groups excluding tert-OH is 2. The molecule has 0 rings (SSSR count). The number of allylic oxidation sites excluding steroid dienone is 2. The minimum absolute atomic E-state index is 0.188. The molecule has 3 heteroatoms. The highest BCUT2D eigenvalue weighted by Crippen LogP contribution is 1.96. The Morgan fingerprint density at radius 1 is 1.29 bits per heavy atom. The SMILES string of the molecule is C=CCCCC=CCOCC(O)CO. The number of aliphatic hydroxyl groups is 2. The van der Waals surface area contributed by atoms with Crippen LogP contribution in [0.5, 0.6) is 0 Å². The molecular formula is C11H20O3.